The van der Waals surface area contributed by atoms with Crippen molar-refractivity contribution in [1.29, 1.82) is 0 Å². The molecule has 1 unspecified atom stereocenters. The Morgan fingerprint density at radius 3 is 2.45 bits per heavy atom. The van der Waals surface area contributed by atoms with Crippen LogP contribution in [-0.4, -0.2) is 35.5 Å². The molecule has 1 rings (SSSR count). The van der Waals surface area contributed by atoms with Crippen molar-refractivity contribution in [3.8, 4) is 0 Å². The van der Waals surface area contributed by atoms with Gasteiger partial charge in [-0.05, 0) is 26.7 Å². The molecule has 0 aliphatic carbocycles. The van der Waals surface area contributed by atoms with E-state index in [1.165, 1.54) is 4.68 Å². The van der Waals surface area contributed by atoms with Crippen LogP contribution in [0.5, 0.6) is 0 Å². The van der Waals surface area contributed by atoms with Gasteiger partial charge in [0.15, 0.2) is 0 Å². The highest BCUT2D eigenvalue weighted by atomic mass is 16.1. The van der Waals surface area contributed by atoms with Crippen molar-refractivity contribution in [2.24, 2.45) is 5.92 Å². The first-order valence-corrected chi connectivity index (χ1v) is 7.55. The number of nitrogens with zero attached hydrogens (tertiary/aromatic N) is 3. The second-order valence-electron chi connectivity index (χ2n) is 5.43. The van der Waals surface area contributed by atoms with Gasteiger partial charge in [0.2, 0.25) is 0 Å². The average Bonchev–Trinajstić information content (AvgIpc) is 2.42. The highest BCUT2D eigenvalue weighted by Crippen LogP contribution is 2.08. The van der Waals surface area contributed by atoms with Crippen LogP contribution in [-0.2, 0) is 6.54 Å². The minimum atomic E-state index is -0.0339. The molecule has 0 aliphatic rings. The first-order valence-electron chi connectivity index (χ1n) is 7.55. The fourth-order valence-electron chi connectivity index (χ4n) is 1.99. The summed E-state index contributed by atoms with van der Waals surface area (Å²) in [5.74, 6) is 0.588. The van der Waals surface area contributed by atoms with Crippen molar-refractivity contribution >= 4 is 5.69 Å². The first-order chi connectivity index (χ1) is 9.49. The summed E-state index contributed by atoms with van der Waals surface area (Å²) in [6.45, 7) is 13.8. The molecule has 1 heterocycles. The fourth-order valence-corrected chi connectivity index (χ4v) is 1.99. The summed E-state index contributed by atoms with van der Waals surface area (Å²) >= 11 is 0. The van der Waals surface area contributed by atoms with E-state index in [1.54, 1.807) is 12.3 Å². The van der Waals surface area contributed by atoms with Gasteiger partial charge in [-0.1, -0.05) is 13.8 Å². The normalized spacial score (nSPS) is 12.7. The Labute approximate surface area is 122 Å². The number of nitrogens with one attached hydrogen (secondary N) is 1. The van der Waals surface area contributed by atoms with Crippen molar-refractivity contribution in [1.82, 2.24) is 15.1 Å². The largest absolute Gasteiger partial charge is 0.371 e. The average molecular weight is 280 g/mol. The van der Waals surface area contributed by atoms with Crippen LogP contribution in [0.3, 0.4) is 0 Å². The zero-order valence-electron chi connectivity index (χ0n) is 13.4. The lowest BCUT2D eigenvalue weighted by Gasteiger charge is -2.20. The van der Waals surface area contributed by atoms with Crippen molar-refractivity contribution in [3.05, 3.63) is 22.6 Å². The molecule has 0 amide bonds. The van der Waals surface area contributed by atoms with Crippen molar-refractivity contribution < 1.29 is 0 Å². The van der Waals surface area contributed by atoms with Crippen LogP contribution in [0.4, 0.5) is 5.69 Å². The van der Waals surface area contributed by atoms with Gasteiger partial charge in [0, 0.05) is 31.7 Å². The van der Waals surface area contributed by atoms with Gasteiger partial charge < -0.3 is 10.2 Å². The summed E-state index contributed by atoms with van der Waals surface area (Å²) in [5.41, 5.74) is 0.869. The number of aromatic nitrogens is 2. The smallest absolute Gasteiger partial charge is 0.268 e. The van der Waals surface area contributed by atoms with Gasteiger partial charge in [-0.3, -0.25) is 4.79 Å². The second-order valence-corrected chi connectivity index (χ2v) is 5.43. The third-order valence-corrected chi connectivity index (χ3v) is 3.77. The number of hydrogen-bond donors (Lipinski definition) is 1. The molecule has 1 atom stereocenters. The van der Waals surface area contributed by atoms with E-state index >= 15 is 0 Å². The second kappa shape index (κ2) is 8.04. The topological polar surface area (TPSA) is 50.2 Å². The van der Waals surface area contributed by atoms with E-state index < -0.39 is 0 Å². The van der Waals surface area contributed by atoms with Crippen molar-refractivity contribution in [2.45, 2.75) is 47.2 Å². The lowest BCUT2D eigenvalue weighted by molar-refractivity contribution is 0.407. The standard InChI is InChI=1S/C15H28N4O/c1-6-18(7-2)14-10-15(20)19(17-11-14)9-8-16-13(5)12(3)4/h10-13,16H,6-9H2,1-5H3. The molecule has 114 valence electrons. The molecule has 1 aromatic rings. The Morgan fingerprint density at radius 1 is 1.30 bits per heavy atom. The molecule has 0 fully saturated rings. The van der Waals surface area contributed by atoms with Crippen molar-refractivity contribution in [3.63, 3.8) is 0 Å². The van der Waals surface area contributed by atoms with Gasteiger partial charge >= 0.3 is 0 Å². The molecular formula is C15H28N4O. The van der Waals surface area contributed by atoms with Gasteiger partial charge in [-0.2, -0.15) is 5.10 Å². The van der Waals surface area contributed by atoms with Crippen LogP contribution in [0.1, 0.15) is 34.6 Å². The van der Waals surface area contributed by atoms with Crippen LogP contribution >= 0.6 is 0 Å². The Bertz CT molecular complexity index is 451. The van der Waals surface area contributed by atoms with E-state index in [2.05, 4.69) is 49.9 Å². The fraction of sp³-hybridized carbons (Fsp3) is 0.733. The Balaban J connectivity index is 2.63. The quantitative estimate of drug-likeness (QED) is 0.788. The molecule has 5 heteroatoms. The van der Waals surface area contributed by atoms with Crippen LogP contribution in [0, 0.1) is 5.92 Å². The van der Waals surface area contributed by atoms with Gasteiger partial charge in [-0.15, -0.1) is 0 Å². The molecule has 0 saturated heterocycles. The highest BCUT2D eigenvalue weighted by Gasteiger charge is 2.07. The zero-order valence-corrected chi connectivity index (χ0v) is 13.4. The van der Waals surface area contributed by atoms with Gasteiger partial charge in [0.1, 0.15) is 0 Å². The Hall–Kier alpha value is -1.36. The summed E-state index contributed by atoms with van der Waals surface area (Å²) in [7, 11) is 0. The van der Waals surface area contributed by atoms with Crippen LogP contribution in [0.2, 0.25) is 0 Å². The Morgan fingerprint density at radius 2 is 1.95 bits per heavy atom. The Kier molecular flexibility index (Phi) is 6.71. The lowest BCUT2D eigenvalue weighted by atomic mass is 10.1. The maximum absolute atomic E-state index is 12.0. The first kappa shape index (κ1) is 16.7. The predicted octanol–water partition coefficient (Wildman–Crippen LogP) is 1.72. The summed E-state index contributed by atoms with van der Waals surface area (Å²) in [4.78, 5) is 14.2. The minimum absolute atomic E-state index is 0.0339. The molecule has 0 bridgehead atoms. The van der Waals surface area contributed by atoms with E-state index in [0.29, 0.717) is 18.5 Å². The highest BCUT2D eigenvalue weighted by molar-refractivity contribution is 5.42. The van der Waals surface area contributed by atoms with Crippen molar-refractivity contribution in [2.75, 3.05) is 24.5 Å². The van der Waals surface area contributed by atoms with Crippen LogP contribution in [0.15, 0.2) is 17.1 Å². The lowest BCUT2D eigenvalue weighted by Crippen LogP contribution is -2.36. The number of anilines is 1. The summed E-state index contributed by atoms with van der Waals surface area (Å²) in [5, 5.41) is 7.67. The SMILES string of the molecule is CCN(CC)c1cnn(CCNC(C)C(C)C)c(=O)c1. The summed E-state index contributed by atoms with van der Waals surface area (Å²) in [6, 6.07) is 2.12. The van der Waals surface area contributed by atoms with E-state index in [1.807, 2.05) is 0 Å². The molecule has 20 heavy (non-hydrogen) atoms. The van der Waals surface area contributed by atoms with Crippen LogP contribution in [0.25, 0.3) is 0 Å². The molecule has 0 aliphatic heterocycles. The minimum Gasteiger partial charge on any atom is -0.371 e. The van der Waals surface area contributed by atoms with Gasteiger partial charge in [-0.25, -0.2) is 4.68 Å². The molecule has 0 saturated carbocycles. The van der Waals surface area contributed by atoms with E-state index in [9.17, 15) is 4.79 Å². The molecule has 0 spiro atoms. The molecule has 1 aromatic heterocycles. The predicted molar refractivity (Wildman–Crippen MR) is 84.4 cm³/mol. The van der Waals surface area contributed by atoms with E-state index in [-0.39, 0.29) is 5.56 Å². The maximum atomic E-state index is 12.0. The molecular weight excluding hydrogens is 252 g/mol. The third kappa shape index (κ3) is 4.63. The van der Waals surface area contributed by atoms with Gasteiger partial charge in [0.05, 0.1) is 18.4 Å². The molecule has 1 N–H and O–H groups in total. The van der Waals surface area contributed by atoms with Gasteiger partial charge in [0.25, 0.3) is 5.56 Å². The van der Waals surface area contributed by atoms with E-state index in [4.69, 9.17) is 0 Å². The van der Waals surface area contributed by atoms with Crippen LogP contribution < -0.4 is 15.8 Å². The summed E-state index contributed by atoms with van der Waals surface area (Å²) < 4.78 is 1.52. The molecule has 5 nitrogen and oxygen atoms in total. The maximum Gasteiger partial charge on any atom is 0.268 e. The monoisotopic (exact) mass is 280 g/mol. The number of rotatable bonds is 8. The summed E-state index contributed by atoms with van der Waals surface area (Å²) in [6.07, 6.45) is 1.78. The van der Waals surface area contributed by atoms with E-state index in [0.717, 1.165) is 25.3 Å². The molecule has 0 aromatic carbocycles. The molecule has 0 radical (unpaired) electrons. The number of hydrogen-bond acceptors (Lipinski definition) is 4. The third-order valence-electron chi connectivity index (χ3n) is 3.77. The zero-order chi connectivity index (χ0) is 15.1.